The van der Waals surface area contributed by atoms with Crippen LogP contribution in [-0.2, 0) is 0 Å². The molecule has 0 spiro atoms. The molecule has 1 atom stereocenters. The zero-order valence-electron chi connectivity index (χ0n) is 9.65. The zero-order valence-corrected chi connectivity index (χ0v) is 9.65. The second-order valence-electron chi connectivity index (χ2n) is 3.90. The SMILES string of the molecule is CC/C=C(\C)NCC(C)C=C(C)C. The Kier molecular flexibility index (Phi) is 6.38. The maximum absolute atomic E-state index is 3.41. The first-order valence-corrected chi connectivity index (χ1v) is 5.12. The molecule has 0 rings (SSSR count). The summed E-state index contributed by atoms with van der Waals surface area (Å²) in [5.74, 6) is 0.616. The molecular formula is C12H23N. The fourth-order valence-electron chi connectivity index (χ4n) is 1.33. The van der Waals surface area contributed by atoms with Gasteiger partial charge in [-0.3, -0.25) is 0 Å². The standard InChI is InChI=1S/C12H23N/c1-6-7-12(5)13-9-11(4)8-10(2)3/h7-8,11,13H,6,9H2,1-5H3/b12-7+. The molecule has 1 heteroatoms. The van der Waals surface area contributed by atoms with E-state index in [2.05, 4.69) is 52.1 Å². The minimum atomic E-state index is 0.616. The Hall–Kier alpha value is -0.720. The van der Waals surface area contributed by atoms with Crippen molar-refractivity contribution in [1.29, 1.82) is 0 Å². The van der Waals surface area contributed by atoms with E-state index in [1.54, 1.807) is 0 Å². The molecule has 0 aliphatic heterocycles. The molecule has 0 radical (unpaired) electrons. The van der Waals surface area contributed by atoms with Crippen molar-refractivity contribution in [2.45, 2.75) is 41.0 Å². The molecule has 13 heavy (non-hydrogen) atoms. The largest absolute Gasteiger partial charge is 0.388 e. The van der Waals surface area contributed by atoms with Crippen LogP contribution in [0.4, 0.5) is 0 Å². The molecule has 0 aliphatic carbocycles. The normalized spacial score (nSPS) is 13.8. The first-order valence-electron chi connectivity index (χ1n) is 5.12. The molecular weight excluding hydrogens is 158 g/mol. The van der Waals surface area contributed by atoms with Gasteiger partial charge in [-0.25, -0.2) is 0 Å². The third-order valence-electron chi connectivity index (χ3n) is 1.83. The van der Waals surface area contributed by atoms with E-state index in [-0.39, 0.29) is 0 Å². The van der Waals surface area contributed by atoms with Gasteiger partial charge in [0, 0.05) is 12.2 Å². The average molecular weight is 181 g/mol. The van der Waals surface area contributed by atoms with Crippen LogP contribution in [0.25, 0.3) is 0 Å². The molecule has 0 heterocycles. The van der Waals surface area contributed by atoms with Crippen LogP contribution in [0.2, 0.25) is 0 Å². The second kappa shape index (κ2) is 6.76. The minimum absolute atomic E-state index is 0.616. The smallest absolute Gasteiger partial charge is 0.0204 e. The van der Waals surface area contributed by atoms with E-state index in [9.17, 15) is 0 Å². The summed E-state index contributed by atoms with van der Waals surface area (Å²) in [5.41, 5.74) is 2.68. The summed E-state index contributed by atoms with van der Waals surface area (Å²) >= 11 is 0. The van der Waals surface area contributed by atoms with Gasteiger partial charge >= 0.3 is 0 Å². The lowest BCUT2D eigenvalue weighted by atomic mass is 10.1. The number of nitrogens with one attached hydrogen (secondary N) is 1. The third-order valence-corrected chi connectivity index (χ3v) is 1.83. The Balaban J connectivity index is 3.76. The summed E-state index contributed by atoms with van der Waals surface area (Å²) < 4.78 is 0. The Morgan fingerprint density at radius 3 is 2.38 bits per heavy atom. The Morgan fingerprint density at radius 1 is 1.31 bits per heavy atom. The van der Waals surface area contributed by atoms with Crippen molar-refractivity contribution in [2.24, 2.45) is 5.92 Å². The Morgan fingerprint density at radius 2 is 1.92 bits per heavy atom. The summed E-state index contributed by atoms with van der Waals surface area (Å²) in [6.07, 6.45) is 5.62. The molecule has 76 valence electrons. The first-order chi connectivity index (χ1) is 6.06. The van der Waals surface area contributed by atoms with E-state index >= 15 is 0 Å². The molecule has 1 unspecified atom stereocenters. The summed E-state index contributed by atoms with van der Waals surface area (Å²) in [4.78, 5) is 0. The Labute approximate surface area is 82.9 Å². The van der Waals surface area contributed by atoms with Gasteiger partial charge < -0.3 is 5.32 Å². The van der Waals surface area contributed by atoms with Crippen molar-refractivity contribution in [2.75, 3.05) is 6.54 Å². The van der Waals surface area contributed by atoms with E-state index in [1.165, 1.54) is 11.3 Å². The quantitative estimate of drug-likeness (QED) is 0.640. The summed E-state index contributed by atoms with van der Waals surface area (Å²) in [7, 11) is 0. The summed E-state index contributed by atoms with van der Waals surface area (Å²) in [6.45, 7) is 11.8. The molecule has 0 saturated heterocycles. The van der Waals surface area contributed by atoms with Crippen LogP contribution in [0.15, 0.2) is 23.4 Å². The topological polar surface area (TPSA) is 12.0 Å². The van der Waals surface area contributed by atoms with Gasteiger partial charge in [-0.05, 0) is 33.1 Å². The highest BCUT2D eigenvalue weighted by Gasteiger charge is 1.96. The summed E-state index contributed by atoms with van der Waals surface area (Å²) in [6, 6.07) is 0. The highest BCUT2D eigenvalue weighted by Crippen LogP contribution is 2.01. The zero-order chi connectivity index (χ0) is 10.3. The van der Waals surface area contributed by atoms with Crippen molar-refractivity contribution >= 4 is 0 Å². The maximum Gasteiger partial charge on any atom is 0.0204 e. The second-order valence-corrected chi connectivity index (χ2v) is 3.90. The molecule has 0 bridgehead atoms. The molecule has 0 aromatic rings. The number of rotatable bonds is 5. The van der Waals surface area contributed by atoms with Crippen LogP contribution in [0, 0.1) is 5.92 Å². The van der Waals surface area contributed by atoms with E-state index in [1.807, 2.05) is 0 Å². The number of hydrogen-bond donors (Lipinski definition) is 1. The van der Waals surface area contributed by atoms with Gasteiger partial charge in [0.25, 0.3) is 0 Å². The van der Waals surface area contributed by atoms with Crippen LogP contribution in [0.1, 0.15) is 41.0 Å². The van der Waals surface area contributed by atoms with Crippen LogP contribution in [0.5, 0.6) is 0 Å². The van der Waals surface area contributed by atoms with Gasteiger partial charge in [-0.1, -0.05) is 31.6 Å². The lowest BCUT2D eigenvalue weighted by molar-refractivity contribution is 0.645. The molecule has 0 aromatic carbocycles. The van der Waals surface area contributed by atoms with E-state index < -0.39 is 0 Å². The van der Waals surface area contributed by atoms with Crippen LogP contribution < -0.4 is 5.32 Å². The molecule has 1 nitrogen and oxygen atoms in total. The predicted molar refractivity (Wildman–Crippen MR) is 60.6 cm³/mol. The molecule has 1 N–H and O–H groups in total. The van der Waals surface area contributed by atoms with Gasteiger partial charge in [-0.2, -0.15) is 0 Å². The number of hydrogen-bond acceptors (Lipinski definition) is 1. The van der Waals surface area contributed by atoms with Crippen molar-refractivity contribution < 1.29 is 0 Å². The van der Waals surface area contributed by atoms with E-state index in [4.69, 9.17) is 0 Å². The molecule has 0 fully saturated rings. The fourth-order valence-corrected chi connectivity index (χ4v) is 1.33. The lowest BCUT2D eigenvalue weighted by Gasteiger charge is -2.10. The lowest BCUT2D eigenvalue weighted by Crippen LogP contribution is -2.18. The molecule has 0 saturated carbocycles. The minimum Gasteiger partial charge on any atom is -0.388 e. The Bertz CT molecular complexity index is 185. The summed E-state index contributed by atoms with van der Waals surface area (Å²) in [5, 5.41) is 3.41. The van der Waals surface area contributed by atoms with Gasteiger partial charge in [0.15, 0.2) is 0 Å². The first kappa shape index (κ1) is 12.3. The van der Waals surface area contributed by atoms with Crippen LogP contribution >= 0.6 is 0 Å². The van der Waals surface area contributed by atoms with Crippen molar-refractivity contribution in [3.63, 3.8) is 0 Å². The van der Waals surface area contributed by atoms with Gasteiger partial charge in [-0.15, -0.1) is 0 Å². The van der Waals surface area contributed by atoms with Crippen molar-refractivity contribution in [3.05, 3.63) is 23.4 Å². The van der Waals surface area contributed by atoms with E-state index in [0.717, 1.165) is 13.0 Å². The van der Waals surface area contributed by atoms with Gasteiger partial charge in [0.1, 0.15) is 0 Å². The van der Waals surface area contributed by atoms with Crippen LogP contribution in [-0.4, -0.2) is 6.54 Å². The van der Waals surface area contributed by atoms with Crippen LogP contribution in [0.3, 0.4) is 0 Å². The highest BCUT2D eigenvalue weighted by atomic mass is 14.9. The predicted octanol–water partition coefficient (Wildman–Crippen LogP) is 3.49. The van der Waals surface area contributed by atoms with Gasteiger partial charge in [0.05, 0.1) is 0 Å². The molecule has 0 aromatic heterocycles. The molecule has 0 aliphatic rings. The highest BCUT2D eigenvalue weighted by molar-refractivity contribution is 4.99. The molecule has 0 amide bonds. The van der Waals surface area contributed by atoms with Crippen molar-refractivity contribution in [3.8, 4) is 0 Å². The third kappa shape index (κ3) is 7.63. The monoisotopic (exact) mass is 181 g/mol. The fraction of sp³-hybridized carbons (Fsp3) is 0.667. The average Bonchev–Trinajstić information content (AvgIpc) is 2.00. The number of allylic oxidation sites excluding steroid dienone is 3. The van der Waals surface area contributed by atoms with Gasteiger partial charge in [0.2, 0.25) is 0 Å². The van der Waals surface area contributed by atoms with Crippen molar-refractivity contribution in [1.82, 2.24) is 5.32 Å². The maximum atomic E-state index is 3.41. The van der Waals surface area contributed by atoms with E-state index in [0.29, 0.717) is 5.92 Å².